The maximum atomic E-state index is 6.46. The van der Waals surface area contributed by atoms with Gasteiger partial charge < -0.3 is 5.73 Å². The SMILES string of the molecule is Cc1cc2cc(-c3cccs3)c(N)cc3ccc(C(C)C)cc1c32. The molecule has 1 aromatic heterocycles. The molecule has 4 aromatic rings. The molecule has 0 aliphatic rings. The maximum absolute atomic E-state index is 6.46. The Morgan fingerprint density at radius 2 is 1.79 bits per heavy atom. The van der Waals surface area contributed by atoms with E-state index in [0.717, 1.165) is 11.3 Å². The van der Waals surface area contributed by atoms with Crippen LogP contribution in [0.4, 0.5) is 5.69 Å². The van der Waals surface area contributed by atoms with Gasteiger partial charge in [0.15, 0.2) is 0 Å². The van der Waals surface area contributed by atoms with Gasteiger partial charge in [-0.1, -0.05) is 44.2 Å². The lowest BCUT2D eigenvalue weighted by Crippen LogP contribution is -1.84. The Labute approximate surface area is 146 Å². The standard InChI is InChI=1S/C22H21NS/c1-13(2)15-6-7-16-12-20(23)19(21-5-4-8-24-21)11-17-9-14(3)18(10-15)22(16)17/h4-13H,23H2,1-3H3. The molecule has 0 atom stereocenters. The van der Waals surface area contributed by atoms with Crippen molar-refractivity contribution in [3.05, 3.63) is 65.0 Å². The summed E-state index contributed by atoms with van der Waals surface area (Å²) in [7, 11) is 0. The predicted octanol–water partition coefficient (Wildman–Crippen LogP) is 6.74. The fourth-order valence-electron chi connectivity index (χ4n) is 3.45. The van der Waals surface area contributed by atoms with Crippen molar-refractivity contribution in [1.29, 1.82) is 0 Å². The Morgan fingerprint density at radius 3 is 2.50 bits per heavy atom. The van der Waals surface area contributed by atoms with Crippen molar-refractivity contribution in [1.82, 2.24) is 0 Å². The van der Waals surface area contributed by atoms with Crippen LogP contribution >= 0.6 is 11.3 Å². The van der Waals surface area contributed by atoms with Crippen LogP contribution in [-0.2, 0) is 0 Å². The lowest BCUT2D eigenvalue weighted by molar-refractivity contribution is 0.869. The van der Waals surface area contributed by atoms with Gasteiger partial charge in [0.2, 0.25) is 0 Å². The van der Waals surface area contributed by atoms with Crippen LogP contribution < -0.4 is 5.73 Å². The number of rotatable bonds is 2. The lowest BCUT2D eigenvalue weighted by Gasteiger charge is -2.01. The summed E-state index contributed by atoms with van der Waals surface area (Å²) in [5.74, 6) is 0.507. The first-order valence-corrected chi connectivity index (χ1v) is 9.23. The van der Waals surface area contributed by atoms with Gasteiger partial charge in [-0.05, 0) is 69.1 Å². The highest BCUT2D eigenvalue weighted by molar-refractivity contribution is 7.13. The van der Waals surface area contributed by atoms with Crippen molar-refractivity contribution in [3.63, 3.8) is 0 Å². The topological polar surface area (TPSA) is 26.0 Å². The van der Waals surface area contributed by atoms with Gasteiger partial charge in [-0.25, -0.2) is 0 Å². The Kier molecular flexibility index (Phi) is 3.58. The zero-order valence-electron chi connectivity index (χ0n) is 14.3. The van der Waals surface area contributed by atoms with E-state index in [9.17, 15) is 0 Å². The highest BCUT2D eigenvalue weighted by atomic mass is 32.1. The Balaban J connectivity index is 2.17. The quantitative estimate of drug-likeness (QED) is 0.432. The number of hydrogen-bond acceptors (Lipinski definition) is 2. The summed E-state index contributed by atoms with van der Waals surface area (Å²) in [4.78, 5) is 1.22. The summed E-state index contributed by atoms with van der Waals surface area (Å²) >= 11 is 1.73. The highest BCUT2D eigenvalue weighted by Crippen LogP contribution is 2.38. The zero-order valence-corrected chi connectivity index (χ0v) is 15.1. The van der Waals surface area contributed by atoms with E-state index in [1.807, 2.05) is 0 Å². The Hall–Kier alpha value is -2.32. The van der Waals surface area contributed by atoms with Gasteiger partial charge in [0.05, 0.1) is 0 Å². The number of hydrogen-bond donors (Lipinski definition) is 1. The third kappa shape index (κ3) is 2.38. The van der Waals surface area contributed by atoms with E-state index < -0.39 is 0 Å². The number of anilines is 1. The molecular formula is C22H21NS. The third-order valence-electron chi connectivity index (χ3n) is 4.79. The summed E-state index contributed by atoms with van der Waals surface area (Å²) in [6.45, 7) is 6.68. The number of nitrogens with two attached hydrogens (primary N) is 1. The molecule has 2 heteroatoms. The van der Waals surface area contributed by atoms with Crippen LogP contribution in [0, 0.1) is 6.92 Å². The monoisotopic (exact) mass is 331 g/mol. The fraction of sp³-hybridized carbons (Fsp3) is 0.182. The van der Waals surface area contributed by atoms with Crippen molar-refractivity contribution in [2.24, 2.45) is 0 Å². The minimum absolute atomic E-state index is 0.507. The van der Waals surface area contributed by atoms with E-state index in [4.69, 9.17) is 5.73 Å². The van der Waals surface area contributed by atoms with E-state index in [-0.39, 0.29) is 0 Å². The maximum Gasteiger partial charge on any atom is 0.0408 e. The fourth-order valence-corrected chi connectivity index (χ4v) is 4.22. The summed E-state index contributed by atoms with van der Waals surface area (Å²) < 4.78 is 0. The van der Waals surface area contributed by atoms with Crippen molar-refractivity contribution in [2.75, 3.05) is 5.73 Å². The van der Waals surface area contributed by atoms with Crippen LogP contribution in [0.1, 0.15) is 30.9 Å². The first-order chi connectivity index (χ1) is 11.5. The van der Waals surface area contributed by atoms with Crippen LogP contribution in [0.5, 0.6) is 0 Å². The van der Waals surface area contributed by atoms with Crippen molar-refractivity contribution >= 4 is 38.6 Å². The largest absolute Gasteiger partial charge is 0.398 e. The molecule has 0 spiro atoms. The van der Waals surface area contributed by atoms with Crippen molar-refractivity contribution < 1.29 is 0 Å². The van der Waals surface area contributed by atoms with Crippen LogP contribution in [-0.4, -0.2) is 0 Å². The first-order valence-electron chi connectivity index (χ1n) is 8.35. The average molecular weight is 331 g/mol. The molecular weight excluding hydrogens is 310 g/mol. The van der Waals surface area contributed by atoms with Gasteiger partial charge in [-0.2, -0.15) is 0 Å². The predicted molar refractivity (Wildman–Crippen MR) is 108 cm³/mol. The van der Waals surface area contributed by atoms with Crippen molar-refractivity contribution in [3.8, 4) is 10.4 Å². The minimum Gasteiger partial charge on any atom is -0.398 e. The van der Waals surface area contributed by atoms with E-state index in [0.29, 0.717) is 5.92 Å². The summed E-state index contributed by atoms with van der Waals surface area (Å²) in [6, 6.07) is 17.7. The molecule has 3 aromatic carbocycles. The first kappa shape index (κ1) is 15.2. The summed E-state index contributed by atoms with van der Waals surface area (Å²) in [5.41, 5.74) is 11.1. The van der Waals surface area contributed by atoms with Crippen molar-refractivity contribution in [2.45, 2.75) is 26.7 Å². The number of thiophene rings is 1. The molecule has 24 heavy (non-hydrogen) atoms. The van der Waals surface area contributed by atoms with E-state index in [1.165, 1.54) is 37.5 Å². The van der Waals surface area contributed by atoms with Crippen LogP contribution in [0.15, 0.2) is 53.9 Å². The molecule has 0 saturated heterocycles. The second-order valence-corrected chi connectivity index (χ2v) is 7.74. The molecule has 4 rings (SSSR count). The zero-order chi connectivity index (χ0) is 16.8. The molecule has 0 aliphatic carbocycles. The molecule has 0 unspecified atom stereocenters. The van der Waals surface area contributed by atoms with Gasteiger partial charge in [0.25, 0.3) is 0 Å². The smallest absolute Gasteiger partial charge is 0.0408 e. The minimum atomic E-state index is 0.507. The van der Waals surface area contributed by atoms with Crippen LogP contribution in [0.25, 0.3) is 32.0 Å². The van der Waals surface area contributed by atoms with Crippen LogP contribution in [0.3, 0.4) is 0 Å². The van der Waals surface area contributed by atoms with E-state index in [2.05, 4.69) is 74.7 Å². The summed E-state index contributed by atoms with van der Waals surface area (Å²) in [5, 5.41) is 7.22. The van der Waals surface area contributed by atoms with Gasteiger partial charge >= 0.3 is 0 Å². The second kappa shape index (κ2) is 5.64. The second-order valence-electron chi connectivity index (χ2n) is 6.79. The van der Waals surface area contributed by atoms with Gasteiger partial charge in [-0.15, -0.1) is 11.3 Å². The van der Waals surface area contributed by atoms with Gasteiger partial charge in [0, 0.05) is 16.1 Å². The molecule has 120 valence electrons. The molecule has 0 saturated carbocycles. The average Bonchev–Trinajstić information content (AvgIpc) is 3.07. The molecule has 0 bridgehead atoms. The molecule has 0 amide bonds. The summed E-state index contributed by atoms with van der Waals surface area (Å²) in [6.07, 6.45) is 0. The Bertz CT molecular complexity index is 1040. The third-order valence-corrected chi connectivity index (χ3v) is 5.69. The van der Waals surface area contributed by atoms with Gasteiger partial charge in [0.1, 0.15) is 0 Å². The van der Waals surface area contributed by atoms with E-state index >= 15 is 0 Å². The molecule has 1 heterocycles. The van der Waals surface area contributed by atoms with E-state index in [1.54, 1.807) is 11.3 Å². The number of nitrogen functional groups attached to an aromatic ring is 1. The molecule has 0 fully saturated rings. The molecule has 1 nitrogen and oxygen atoms in total. The van der Waals surface area contributed by atoms with Gasteiger partial charge in [-0.3, -0.25) is 0 Å². The normalized spacial score (nSPS) is 11.7. The molecule has 2 N–H and O–H groups in total. The Morgan fingerprint density at radius 1 is 0.958 bits per heavy atom. The molecule has 0 aliphatic heterocycles. The number of aryl methyl sites for hydroxylation is 1. The lowest BCUT2D eigenvalue weighted by atomic mass is 10.0. The van der Waals surface area contributed by atoms with Crippen LogP contribution in [0.2, 0.25) is 0 Å². The highest BCUT2D eigenvalue weighted by Gasteiger charge is 2.11. The molecule has 0 radical (unpaired) electrons.